The van der Waals surface area contributed by atoms with E-state index in [0.717, 1.165) is 44.0 Å². The quantitative estimate of drug-likeness (QED) is 0.822. The predicted molar refractivity (Wildman–Crippen MR) is 80.9 cm³/mol. The largest absolute Gasteiger partial charge is 0.416 e. The van der Waals surface area contributed by atoms with Crippen LogP contribution in [0.25, 0.3) is 10.9 Å². The summed E-state index contributed by atoms with van der Waals surface area (Å²) in [5.74, 6) is 0. The average molecular weight is 310 g/mol. The van der Waals surface area contributed by atoms with E-state index in [4.69, 9.17) is 5.73 Å². The first-order chi connectivity index (χ1) is 10.3. The minimum Gasteiger partial charge on any atom is -0.398 e. The molecule has 22 heavy (non-hydrogen) atoms. The molecule has 0 radical (unpaired) electrons. The third-order valence-electron chi connectivity index (χ3n) is 4.01. The van der Waals surface area contributed by atoms with Crippen LogP contribution in [-0.2, 0) is 6.18 Å². The molecule has 0 aliphatic carbocycles. The van der Waals surface area contributed by atoms with Crippen molar-refractivity contribution in [2.45, 2.75) is 6.18 Å². The van der Waals surface area contributed by atoms with Gasteiger partial charge in [-0.05, 0) is 25.2 Å². The van der Waals surface area contributed by atoms with E-state index in [1.54, 1.807) is 6.20 Å². The molecule has 118 valence electrons. The number of nitrogens with two attached hydrogens (primary N) is 1. The van der Waals surface area contributed by atoms with Gasteiger partial charge in [-0.2, -0.15) is 13.2 Å². The van der Waals surface area contributed by atoms with Crippen LogP contribution in [0.15, 0.2) is 24.4 Å². The number of nitrogens with zero attached hydrogens (tertiary/aromatic N) is 3. The maximum atomic E-state index is 12.8. The summed E-state index contributed by atoms with van der Waals surface area (Å²) in [5.41, 5.74) is 6.31. The molecule has 2 heterocycles. The molecule has 1 aliphatic rings. The van der Waals surface area contributed by atoms with Crippen molar-refractivity contribution < 1.29 is 13.2 Å². The highest BCUT2D eigenvalue weighted by molar-refractivity contribution is 5.93. The lowest BCUT2D eigenvalue weighted by molar-refractivity contribution is -0.137. The maximum Gasteiger partial charge on any atom is 0.416 e. The normalized spacial score (nSPS) is 17.2. The monoisotopic (exact) mass is 310 g/mol. The zero-order chi connectivity index (χ0) is 15.9. The Morgan fingerprint density at radius 1 is 1.09 bits per heavy atom. The smallest absolute Gasteiger partial charge is 0.398 e. The number of rotatable bonds is 1. The predicted octanol–water partition coefficient (Wildman–Crippen LogP) is 2.59. The van der Waals surface area contributed by atoms with Gasteiger partial charge in [0, 0.05) is 37.3 Å². The Hall–Kier alpha value is -2.02. The first-order valence-corrected chi connectivity index (χ1v) is 7.04. The number of hydrogen-bond donors (Lipinski definition) is 1. The number of aromatic nitrogens is 1. The summed E-state index contributed by atoms with van der Waals surface area (Å²) in [5, 5.41) is 0.560. The van der Waals surface area contributed by atoms with Gasteiger partial charge in [0.15, 0.2) is 0 Å². The van der Waals surface area contributed by atoms with Crippen LogP contribution >= 0.6 is 0 Å². The van der Waals surface area contributed by atoms with E-state index in [-0.39, 0.29) is 11.2 Å². The Morgan fingerprint density at radius 2 is 1.77 bits per heavy atom. The van der Waals surface area contributed by atoms with Crippen molar-refractivity contribution in [1.29, 1.82) is 0 Å². The minimum atomic E-state index is -4.42. The molecule has 3 rings (SSSR count). The minimum absolute atomic E-state index is 0.105. The van der Waals surface area contributed by atoms with Crippen molar-refractivity contribution in [2.24, 2.45) is 0 Å². The topological polar surface area (TPSA) is 45.4 Å². The number of piperazine rings is 1. The van der Waals surface area contributed by atoms with Crippen LogP contribution in [0.1, 0.15) is 5.56 Å². The summed E-state index contributed by atoms with van der Waals surface area (Å²) in [4.78, 5) is 8.58. The Bertz CT molecular complexity index is 691. The van der Waals surface area contributed by atoms with Gasteiger partial charge in [-0.15, -0.1) is 0 Å². The molecule has 0 spiro atoms. The van der Waals surface area contributed by atoms with E-state index in [0.29, 0.717) is 5.39 Å². The number of alkyl halides is 3. The van der Waals surface area contributed by atoms with Crippen LogP contribution in [0.3, 0.4) is 0 Å². The molecule has 1 aromatic heterocycles. The van der Waals surface area contributed by atoms with Gasteiger partial charge in [0.05, 0.1) is 23.0 Å². The molecular formula is C15H17F3N4. The molecule has 0 amide bonds. The lowest BCUT2D eigenvalue weighted by Gasteiger charge is -2.34. The zero-order valence-electron chi connectivity index (χ0n) is 12.2. The molecule has 0 unspecified atom stereocenters. The Labute approximate surface area is 126 Å². The molecule has 1 saturated heterocycles. The molecule has 2 aromatic rings. The Kier molecular flexibility index (Phi) is 3.60. The Morgan fingerprint density at radius 3 is 2.41 bits per heavy atom. The summed E-state index contributed by atoms with van der Waals surface area (Å²) < 4.78 is 38.4. The summed E-state index contributed by atoms with van der Waals surface area (Å²) in [6.45, 7) is 3.62. The van der Waals surface area contributed by atoms with Gasteiger partial charge in [-0.1, -0.05) is 0 Å². The molecule has 1 aromatic carbocycles. The highest BCUT2D eigenvalue weighted by Crippen LogP contribution is 2.34. The second-order valence-electron chi connectivity index (χ2n) is 5.61. The number of pyridine rings is 1. The van der Waals surface area contributed by atoms with Crippen LogP contribution in [0.5, 0.6) is 0 Å². The molecule has 0 bridgehead atoms. The fourth-order valence-corrected chi connectivity index (χ4v) is 2.65. The number of likely N-dealkylation sites (N-methyl/N-ethyl adjacent to an activating group) is 1. The number of anilines is 2. The molecule has 1 fully saturated rings. The lowest BCUT2D eigenvalue weighted by Crippen LogP contribution is -2.44. The van der Waals surface area contributed by atoms with Crippen molar-refractivity contribution in [3.05, 3.63) is 30.0 Å². The van der Waals surface area contributed by atoms with Gasteiger partial charge < -0.3 is 15.5 Å². The van der Waals surface area contributed by atoms with Crippen molar-refractivity contribution in [3.8, 4) is 0 Å². The number of hydrogen-bond acceptors (Lipinski definition) is 4. The number of benzene rings is 1. The van der Waals surface area contributed by atoms with Gasteiger partial charge in [0.25, 0.3) is 0 Å². The molecule has 4 nitrogen and oxygen atoms in total. The Balaban J connectivity index is 1.98. The SMILES string of the molecule is CN1CCN(c2cnc3cc(C(F)(F)F)cc(N)c3c2)CC1. The highest BCUT2D eigenvalue weighted by atomic mass is 19.4. The standard InChI is InChI=1S/C15H17F3N4/c1-21-2-4-22(5-3-21)11-8-12-13(19)6-10(15(16,17)18)7-14(12)20-9-11/h6-9H,2-5,19H2,1H3. The third-order valence-corrected chi connectivity index (χ3v) is 4.01. The van der Waals surface area contributed by atoms with E-state index >= 15 is 0 Å². The maximum absolute atomic E-state index is 12.8. The van der Waals surface area contributed by atoms with Gasteiger partial charge in [-0.25, -0.2) is 0 Å². The van der Waals surface area contributed by atoms with E-state index in [1.807, 2.05) is 6.07 Å². The van der Waals surface area contributed by atoms with Crippen molar-refractivity contribution in [2.75, 3.05) is 43.9 Å². The van der Waals surface area contributed by atoms with E-state index in [2.05, 4.69) is 21.8 Å². The van der Waals surface area contributed by atoms with E-state index < -0.39 is 11.7 Å². The average Bonchev–Trinajstić information content (AvgIpc) is 2.47. The first kappa shape index (κ1) is 14.9. The number of fused-ring (bicyclic) bond motifs is 1. The van der Waals surface area contributed by atoms with Gasteiger partial charge >= 0.3 is 6.18 Å². The van der Waals surface area contributed by atoms with Crippen molar-refractivity contribution >= 4 is 22.3 Å². The number of halogens is 3. The summed E-state index contributed by atoms with van der Waals surface area (Å²) in [7, 11) is 2.06. The summed E-state index contributed by atoms with van der Waals surface area (Å²) in [6.07, 6.45) is -2.80. The molecule has 1 aliphatic heterocycles. The number of nitrogen functional groups attached to an aromatic ring is 1. The summed E-state index contributed by atoms with van der Waals surface area (Å²) >= 11 is 0. The van der Waals surface area contributed by atoms with Crippen molar-refractivity contribution in [1.82, 2.24) is 9.88 Å². The molecule has 7 heteroatoms. The highest BCUT2D eigenvalue weighted by Gasteiger charge is 2.31. The molecule has 2 N–H and O–H groups in total. The molecule has 0 saturated carbocycles. The van der Waals surface area contributed by atoms with Crippen molar-refractivity contribution in [3.63, 3.8) is 0 Å². The van der Waals surface area contributed by atoms with Gasteiger partial charge in [-0.3, -0.25) is 4.98 Å². The second kappa shape index (κ2) is 5.31. The zero-order valence-corrected chi connectivity index (χ0v) is 12.2. The van der Waals surface area contributed by atoms with Crippen LogP contribution in [0.4, 0.5) is 24.5 Å². The summed E-state index contributed by atoms with van der Waals surface area (Å²) in [6, 6.07) is 3.83. The van der Waals surface area contributed by atoms with E-state index in [9.17, 15) is 13.2 Å². The lowest BCUT2D eigenvalue weighted by atomic mass is 10.1. The molecule has 0 atom stereocenters. The van der Waals surface area contributed by atoms with E-state index in [1.165, 1.54) is 0 Å². The first-order valence-electron chi connectivity index (χ1n) is 7.04. The van der Waals surface area contributed by atoms with Gasteiger partial charge in [0.2, 0.25) is 0 Å². The fourth-order valence-electron chi connectivity index (χ4n) is 2.65. The fraction of sp³-hybridized carbons (Fsp3) is 0.400. The van der Waals surface area contributed by atoms with Gasteiger partial charge in [0.1, 0.15) is 0 Å². The van der Waals surface area contributed by atoms with Crippen LogP contribution in [-0.4, -0.2) is 43.1 Å². The second-order valence-corrected chi connectivity index (χ2v) is 5.61. The molecular weight excluding hydrogens is 293 g/mol. The third kappa shape index (κ3) is 2.81. The van der Waals surface area contributed by atoms with Crippen LogP contribution < -0.4 is 10.6 Å². The van der Waals surface area contributed by atoms with Crippen LogP contribution in [0, 0.1) is 0 Å². The van der Waals surface area contributed by atoms with Crippen LogP contribution in [0.2, 0.25) is 0 Å².